The SMILES string of the molecule is CC1CCOC(C2OC2C(C)(O)C(C)(C)CCC2=CCNC(N)=C2)(C2CCC3(O)C4=CC(=O)C5CC(O)CCC5(C)C4C(CCc4ccccc4)CC23C)C1. The van der Waals surface area contributed by atoms with Crippen molar-refractivity contribution >= 4 is 5.78 Å². The summed E-state index contributed by atoms with van der Waals surface area (Å²) < 4.78 is 13.9. The number of rotatable bonds is 10. The number of ketones is 1. The number of allylic oxidation sites excluding steroid dienone is 3. The van der Waals surface area contributed by atoms with Crippen LogP contribution in [0.15, 0.2) is 65.5 Å². The van der Waals surface area contributed by atoms with Gasteiger partial charge in [-0.25, -0.2) is 0 Å². The number of fused-ring (bicyclic) bond motifs is 5. The molecule has 0 radical (unpaired) electrons. The van der Waals surface area contributed by atoms with Gasteiger partial charge in [0.1, 0.15) is 17.8 Å². The Balaban J connectivity index is 1.14. The fourth-order valence-corrected chi connectivity index (χ4v) is 13.3. The summed E-state index contributed by atoms with van der Waals surface area (Å²) in [7, 11) is 0. The lowest BCUT2D eigenvalue weighted by Crippen LogP contribution is -2.65. The molecule has 8 nitrogen and oxygen atoms in total. The quantitative estimate of drug-likeness (QED) is 0.162. The van der Waals surface area contributed by atoms with Crippen molar-refractivity contribution in [1.82, 2.24) is 5.32 Å². The van der Waals surface area contributed by atoms with E-state index in [-0.39, 0.29) is 41.0 Å². The number of carbonyl (C=O) groups is 1. The van der Waals surface area contributed by atoms with Crippen LogP contribution in [0, 0.1) is 45.8 Å². The van der Waals surface area contributed by atoms with E-state index in [1.54, 1.807) is 0 Å². The van der Waals surface area contributed by atoms with Gasteiger partial charge in [-0.05, 0) is 147 Å². The van der Waals surface area contributed by atoms with E-state index in [0.717, 1.165) is 63.4 Å². The molecule has 3 heterocycles. The van der Waals surface area contributed by atoms with Gasteiger partial charge in [0.25, 0.3) is 0 Å². The fraction of sp³-hybridized carbons (Fsp3) is 0.723. The lowest BCUT2D eigenvalue weighted by Gasteiger charge is -2.63. The lowest BCUT2D eigenvalue weighted by molar-refractivity contribution is -0.200. The number of hydrogen-bond donors (Lipinski definition) is 5. The molecule has 3 saturated carbocycles. The highest BCUT2D eigenvalue weighted by Crippen LogP contribution is 2.72. The Hall–Kier alpha value is -2.49. The molecule has 3 aliphatic heterocycles. The molecular formula is C47H68N2O6. The van der Waals surface area contributed by atoms with Crippen LogP contribution in [0.1, 0.15) is 118 Å². The van der Waals surface area contributed by atoms with Crippen molar-refractivity contribution in [2.75, 3.05) is 13.2 Å². The van der Waals surface area contributed by atoms with E-state index >= 15 is 0 Å². The largest absolute Gasteiger partial charge is 0.393 e. The molecule has 13 unspecified atom stereocenters. The van der Waals surface area contributed by atoms with Crippen LogP contribution in [0.4, 0.5) is 0 Å². The maximum Gasteiger partial charge on any atom is 0.159 e. The van der Waals surface area contributed by atoms with E-state index in [1.165, 1.54) is 11.1 Å². The first-order valence-corrected chi connectivity index (χ1v) is 21.6. The van der Waals surface area contributed by atoms with E-state index in [2.05, 4.69) is 76.3 Å². The maximum absolute atomic E-state index is 14.2. The summed E-state index contributed by atoms with van der Waals surface area (Å²) in [5, 5.41) is 39.9. The molecule has 2 saturated heterocycles. The van der Waals surface area contributed by atoms with Gasteiger partial charge in [0, 0.05) is 24.5 Å². The second-order valence-electron chi connectivity index (χ2n) is 20.5. The van der Waals surface area contributed by atoms with Gasteiger partial charge in [-0.2, -0.15) is 0 Å². The first kappa shape index (κ1) is 39.3. The highest BCUT2D eigenvalue weighted by molar-refractivity contribution is 5.95. The summed E-state index contributed by atoms with van der Waals surface area (Å²) in [5.74, 6) is 1.23. The molecule has 0 amide bonds. The van der Waals surface area contributed by atoms with Gasteiger partial charge in [0.15, 0.2) is 5.78 Å². The third-order valence-electron chi connectivity index (χ3n) is 17.0. The van der Waals surface area contributed by atoms with Crippen LogP contribution >= 0.6 is 0 Å². The minimum absolute atomic E-state index is 0.0236. The first-order valence-electron chi connectivity index (χ1n) is 21.6. The van der Waals surface area contributed by atoms with Gasteiger partial charge in [0.2, 0.25) is 0 Å². The van der Waals surface area contributed by atoms with Crippen LogP contribution < -0.4 is 11.1 Å². The molecule has 8 rings (SSSR count). The lowest BCUT2D eigenvalue weighted by atomic mass is 9.42. The molecule has 13 atom stereocenters. The second-order valence-corrected chi connectivity index (χ2v) is 20.5. The third-order valence-corrected chi connectivity index (χ3v) is 17.0. The van der Waals surface area contributed by atoms with Crippen molar-refractivity contribution in [2.45, 2.75) is 154 Å². The number of benzene rings is 1. The van der Waals surface area contributed by atoms with Crippen molar-refractivity contribution in [2.24, 2.45) is 51.6 Å². The Morgan fingerprint density at radius 1 is 1.02 bits per heavy atom. The van der Waals surface area contributed by atoms with Crippen molar-refractivity contribution < 1.29 is 29.6 Å². The first-order chi connectivity index (χ1) is 25.9. The topological polar surface area (TPSA) is 138 Å². The maximum atomic E-state index is 14.2. The Morgan fingerprint density at radius 2 is 1.78 bits per heavy atom. The zero-order valence-corrected chi connectivity index (χ0v) is 34.3. The summed E-state index contributed by atoms with van der Waals surface area (Å²) in [4.78, 5) is 14.2. The van der Waals surface area contributed by atoms with E-state index in [4.69, 9.17) is 15.2 Å². The molecule has 4 aliphatic carbocycles. The Kier molecular flexibility index (Phi) is 9.89. The highest BCUT2D eigenvalue weighted by atomic mass is 16.6. The fourth-order valence-electron chi connectivity index (χ4n) is 13.3. The Labute approximate surface area is 329 Å². The standard InChI is InChI=1S/C47H68N2O6/c1-29-18-23-54-46(27-29,41-40(55-41)45(6,52)42(2,3)19-14-31-17-22-49-38(48)24-31)37-16-21-47(53)35-26-36(51)34-25-33(50)15-20-43(34,4)39(35)32(28-44(37,47)5)13-12-30-10-8-7-9-11-30/h7-11,17,24,26,29,32-34,37,39-41,49-50,52-53H,12-16,18-23,25,27-28,48H2,1-6H3. The summed E-state index contributed by atoms with van der Waals surface area (Å²) in [5.41, 5.74) is 5.21. The molecule has 0 spiro atoms. The number of hydrogen-bond acceptors (Lipinski definition) is 8. The van der Waals surface area contributed by atoms with Gasteiger partial charge in [-0.15, -0.1) is 0 Å². The van der Waals surface area contributed by atoms with E-state index in [0.29, 0.717) is 44.2 Å². The molecule has 5 fully saturated rings. The van der Waals surface area contributed by atoms with Crippen LogP contribution in [0.25, 0.3) is 0 Å². The van der Waals surface area contributed by atoms with Crippen LogP contribution in [0.2, 0.25) is 0 Å². The predicted octanol–water partition coefficient (Wildman–Crippen LogP) is 6.92. The van der Waals surface area contributed by atoms with Crippen molar-refractivity contribution in [3.05, 3.63) is 71.1 Å². The molecule has 6 N–H and O–H groups in total. The Bertz CT molecular complexity index is 1730. The second kappa shape index (κ2) is 13.8. The summed E-state index contributed by atoms with van der Waals surface area (Å²) in [6, 6.07) is 10.7. The number of aliphatic hydroxyl groups excluding tert-OH is 1. The van der Waals surface area contributed by atoms with Crippen LogP contribution in [-0.2, 0) is 20.7 Å². The summed E-state index contributed by atoms with van der Waals surface area (Å²) in [6.07, 6.45) is 14.3. The summed E-state index contributed by atoms with van der Waals surface area (Å²) >= 11 is 0. The van der Waals surface area contributed by atoms with Crippen LogP contribution in [0.5, 0.6) is 0 Å². The number of nitrogens with one attached hydrogen (secondary N) is 1. The van der Waals surface area contributed by atoms with Gasteiger partial charge >= 0.3 is 0 Å². The zero-order chi connectivity index (χ0) is 39.2. The number of ether oxygens (including phenoxy) is 2. The molecule has 7 aliphatic rings. The molecule has 302 valence electrons. The minimum Gasteiger partial charge on any atom is -0.393 e. The van der Waals surface area contributed by atoms with Gasteiger partial charge in [0.05, 0.1) is 23.1 Å². The minimum atomic E-state index is -1.16. The average Bonchev–Trinajstić information content (AvgIpc) is 3.91. The van der Waals surface area contributed by atoms with Crippen LogP contribution in [0.3, 0.4) is 0 Å². The molecule has 0 aromatic heterocycles. The average molecular weight is 757 g/mol. The highest BCUT2D eigenvalue weighted by Gasteiger charge is 2.75. The van der Waals surface area contributed by atoms with E-state index < -0.39 is 39.8 Å². The predicted molar refractivity (Wildman–Crippen MR) is 214 cm³/mol. The van der Waals surface area contributed by atoms with Gasteiger partial charge in [-0.1, -0.05) is 71.0 Å². The number of carbonyl (C=O) groups excluding carboxylic acids is 1. The number of aliphatic hydroxyl groups is 3. The Morgan fingerprint density at radius 3 is 2.51 bits per heavy atom. The van der Waals surface area contributed by atoms with E-state index in [9.17, 15) is 20.1 Å². The smallest absolute Gasteiger partial charge is 0.159 e. The molecule has 1 aromatic carbocycles. The third kappa shape index (κ3) is 6.31. The van der Waals surface area contributed by atoms with Crippen molar-refractivity contribution in [3.8, 4) is 0 Å². The molecular weight excluding hydrogens is 689 g/mol. The monoisotopic (exact) mass is 757 g/mol. The summed E-state index contributed by atoms with van der Waals surface area (Å²) in [6.45, 7) is 14.5. The van der Waals surface area contributed by atoms with Crippen LogP contribution in [-0.4, -0.2) is 69.4 Å². The van der Waals surface area contributed by atoms with E-state index in [1.807, 2.05) is 19.1 Å². The molecule has 0 bridgehead atoms. The molecule has 8 heteroatoms. The molecule has 55 heavy (non-hydrogen) atoms. The number of aryl methyl sites for hydroxylation is 1. The molecule has 1 aromatic rings. The van der Waals surface area contributed by atoms with Crippen molar-refractivity contribution in [3.63, 3.8) is 0 Å². The zero-order valence-electron chi connectivity index (χ0n) is 34.3. The number of dihydropyridines is 1. The number of nitrogens with two attached hydrogens (primary N) is 1. The number of epoxide rings is 1. The normalized spacial score (nSPS) is 43.8. The van der Waals surface area contributed by atoms with Gasteiger partial charge < -0.3 is 35.8 Å². The van der Waals surface area contributed by atoms with Crippen molar-refractivity contribution in [1.29, 1.82) is 0 Å². The van der Waals surface area contributed by atoms with Gasteiger partial charge in [-0.3, -0.25) is 4.79 Å².